The second-order valence-electron chi connectivity index (χ2n) is 5.45. The Morgan fingerprint density at radius 2 is 1.72 bits per heavy atom. The maximum atomic E-state index is 12.8. The number of methoxy groups -OCH3 is 2. The van der Waals surface area contributed by atoms with Crippen LogP contribution in [0, 0.1) is 3.57 Å². The van der Waals surface area contributed by atoms with Crippen molar-refractivity contribution >= 4 is 46.0 Å². The molecule has 0 bridgehead atoms. The first-order valence-electron chi connectivity index (χ1n) is 7.63. The number of ether oxygens (including phenoxy) is 2. The van der Waals surface area contributed by atoms with Crippen molar-refractivity contribution in [3.8, 4) is 11.5 Å². The van der Waals surface area contributed by atoms with Crippen LogP contribution in [0.25, 0.3) is 6.08 Å². The second-order valence-corrected chi connectivity index (χ2v) is 6.70. The fourth-order valence-electron chi connectivity index (χ4n) is 2.55. The molecule has 0 spiro atoms. The van der Waals surface area contributed by atoms with Crippen LogP contribution in [-0.4, -0.2) is 25.8 Å². The van der Waals surface area contributed by atoms with Crippen LogP contribution in [0.5, 0.6) is 11.5 Å². The lowest BCUT2D eigenvalue weighted by Crippen LogP contribution is -2.21. The summed E-state index contributed by atoms with van der Waals surface area (Å²) in [4.78, 5) is 12.8. The minimum Gasteiger partial charge on any atom is -0.493 e. The molecule has 0 atom stereocenters. The highest BCUT2D eigenvalue weighted by atomic mass is 127. The number of hydrogen-bond acceptors (Lipinski definition) is 4. The van der Waals surface area contributed by atoms with E-state index in [1.165, 1.54) is 5.01 Å². The third-order valence-electron chi connectivity index (χ3n) is 3.85. The van der Waals surface area contributed by atoms with Crippen LogP contribution in [0.1, 0.15) is 12.5 Å². The lowest BCUT2D eigenvalue weighted by Gasteiger charge is -2.11. The number of rotatable bonds is 4. The molecule has 1 aliphatic heterocycles. The smallest absolute Gasteiger partial charge is 0.280 e. The number of halogens is 1. The van der Waals surface area contributed by atoms with E-state index in [1.54, 1.807) is 14.2 Å². The molecule has 0 radical (unpaired) electrons. The van der Waals surface area contributed by atoms with Gasteiger partial charge in [0.25, 0.3) is 5.91 Å². The molecular weight excluding hydrogens is 431 g/mol. The van der Waals surface area contributed by atoms with Crippen molar-refractivity contribution in [2.45, 2.75) is 6.92 Å². The molecule has 0 fully saturated rings. The Morgan fingerprint density at radius 1 is 1.04 bits per heavy atom. The van der Waals surface area contributed by atoms with Crippen LogP contribution in [0.15, 0.2) is 53.1 Å². The van der Waals surface area contributed by atoms with E-state index in [2.05, 4.69) is 27.7 Å². The van der Waals surface area contributed by atoms with Gasteiger partial charge in [-0.25, -0.2) is 0 Å². The van der Waals surface area contributed by atoms with Crippen molar-refractivity contribution in [3.63, 3.8) is 0 Å². The van der Waals surface area contributed by atoms with E-state index in [1.807, 2.05) is 55.5 Å². The Bertz CT molecular complexity index is 873. The largest absolute Gasteiger partial charge is 0.493 e. The lowest BCUT2D eigenvalue weighted by molar-refractivity contribution is -0.114. The maximum Gasteiger partial charge on any atom is 0.280 e. The van der Waals surface area contributed by atoms with Crippen molar-refractivity contribution in [3.05, 3.63) is 57.2 Å². The monoisotopic (exact) mass is 448 g/mol. The minimum atomic E-state index is -0.145. The highest BCUT2D eigenvalue weighted by molar-refractivity contribution is 14.1. The molecule has 128 valence electrons. The number of hydrogen-bond donors (Lipinski definition) is 0. The summed E-state index contributed by atoms with van der Waals surface area (Å²) in [6.45, 7) is 1.83. The fraction of sp³-hybridized carbons (Fsp3) is 0.158. The Kier molecular flexibility index (Phi) is 5.08. The third kappa shape index (κ3) is 3.53. The van der Waals surface area contributed by atoms with Crippen molar-refractivity contribution in [2.24, 2.45) is 5.10 Å². The van der Waals surface area contributed by atoms with Crippen molar-refractivity contribution in [1.82, 2.24) is 0 Å². The van der Waals surface area contributed by atoms with E-state index >= 15 is 0 Å². The van der Waals surface area contributed by atoms with Gasteiger partial charge in [-0.05, 0) is 77.6 Å². The van der Waals surface area contributed by atoms with Gasteiger partial charge in [0, 0.05) is 3.57 Å². The van der Waals surface area contributed by atoms with Crippen LogP contribution >= 0.6 is 22.6 Å². The van der Waals surface area contributed by atoms with Gasteiger partial charge < -0.3 is 9.47 Å². The molecule has 1 aliphatic rings. The summed E-state index contributed by atoms with van der Waals surface area (Å²) < 4.78 is 11.7. The Hall–Kier alpha value is -2.35. The molecule has 2 aromatic carbocycles. The average Bonchev–Trinajstić information content (AvgIpc) is 2.90. The standard InChI is InChI=1S/C19H17IN2O3/c1-12-16(10-13-4-9-17(24-2)18(11-13)25-3)19(23)22(21-12)15-7-5-14(20)6-8-15/h4-11H,1-3H3/b16-10-. The molecule has 0 saturated carbocycles. The fourth-order valence-corrected chi connectivity index (χ4v) is 2.91. The van der Waals surface area contributed by atoms with E-state index in [0.29, 0.717) is 22.8 Å². The van der Waals surface area contributed by atoms with E-state index < -0.39 is 0 Å². The van der Waals surface area contributed by atoms with Crippen molar-refractivity contribution in [1.29, 1.82) is 0 Å². The first-order valence-corrected chi connectivity index (χ1v) is 8.70. The number of carbonyl (C=O) groups is 1. The first-order chi connectivity index (χ1) is 12.0. The predicted molar refractivity (Wildman–Crippen MR) is 107 cm³/mol. The second kappa shape index (κ2) is 7.26. The zero-order valence-corrected chi connectivity index (χ0v) is 16.3. The highest BCUT2D eigenvalue weighted by Crippen LogP contribution is 2.30. The van der Waals surface area contributed by atoms with Gasteiger partial charge in [-0.1, -0.05) is 6.07 Å². The Balaban J connectivity index is 1.93. The van der Waals surface area contributed by atoms with E-state index in [0.717, 1.165) is 14.8 Å². The molecule has 1 heterocycles. The van der Waals surface area contributed by atoms with Crippen molar-refractivity contribution < 1.29 is 14.3 Å². The molecule has 0 saturated heterocycles. The van der Waals surface area contributed by atoms with E-state index in [-0.39, 0.29) is 5.91 Å². The number of amides is 1. The van der Waals surface area contributed by atoms with Gasteiger partial charge in [-0.2, -0.15) is 10.1 Å². The topological polar surface area (TPSA) is 51.1 Å². The lowest BCUT2D eigenvalue weighted by atomic mass is 10.1. The zero-order valence-electron chi connectivity index (χ0n) is 14.1. The van der Waals surface area contributed by atoms with Gasteiger partial charge in [0.2, 0.25) is 0 Å². The highest BCUT2D eigenvalue weighted by Gasteiger charge is 2.28. The van der Waals surface area contributed by atoms with Crippen LogP contribution < -0.4 is 14.5 Å². The number of anilines is 1. The molecule has 5 nitrogen and oxygen atoms in total. The number of hydrazone groups is 1. The van der Waals surface area contributed by atoms with Crippen LogP contribution in [0.4, 0.5) is 5.69 Å². The summed E-state index contributed by atoms with van der Waals surface area (Å²) >= 11 is 2.23. The van der Waals surface area contributed by atoms with Gasteiger partial charge in [0.05, 0.1) is 31.2 Å². The summed E-state index contributed by atoms with van der Waals surface area (Å²) in [5.41, 5.74) is 2.84. The van der Waals surface area contributed by atoms with Crippen molar-refractivity contribution in [2.75, 3.05) is 19.2 Å². The summed E-state index contributed by atoms with van der Waals surface area (Å²) in [6.07, 6.45) is 1.82. The van der Waals surface area contributed by atoms with Gasteiger partial charge in [-0.15, -0.1) is 0 Å². The normalized spacial score (nSPS) is 15.5. The molecule has 3 rings (SSSR count). The average molecular weight is 448 g/mol. The predicted octanol–water partition coefficient (Wildman–Crippen LogP) is 4.11. The molecule has 0 aliphatic carbocycles. The summed E-state index contributed by atoms with van der Waals surface area (Å²) in [5, 5.41) is 5.83. The molecule has 0 aromatic heterocycles. The van der Waals surface area contributed by atoms with Crippen LogP contribution in [0.3, 0.4) is 0 Å². The van der Waals surface area contributed by atoms with E-state index in [4.69, 9.17) is 9.47 Å². The molecule has 2 aromatic rings. The third-order valence-corrected chi connectivity index (χ3v) is 4.57. The van der Waals surface area contributed by atoms with Crippen LogP contribution in [0.2, 0.25) is 0 Å². The van der Waals surface area contributed by atoms with E-state index in [9.17, 15) is 4.79 Å². The van der Waals surface area contributed by atoms with Gasteiger partial charge in [-0.3, -0.25) is 4.79 Å². The quantitative estimate of drug-likeness (QED) is 0.523. The minimum absolute atomic E-state index is 0.145. The number of benzene rings is 2. The molecule has 25 heavy (non-hydrogen) atoms. The van der Waals surface area contributed by atoms with Crippen LogP contribution in [-0.2, 0) is 4.79 Å². The van der Waals surface area contributed by atoms with Gasteiger partial charge >= 0.3 is 0 Å². The molecule has 1 amide bonds. The Morgan fingerprint density at radius 3 is 2.36 bits per heavy atom. The molecule has 0 N–H and O–H groups in total. The Labute approximate surface area is 160 Å². The number of nitrogens with zero attached hydrogens (tertiary/aromatic N) is 2. The first kappa shape index (κ1) is 17.5. The maximum absolute atomic E-state index is 12.8. The molecular formula is C19H17IN2O3. The summed E-state index contributed by atoms with van der Waals surface area (Å²) in [7, 11) is 3.17. The van der Waals surface area contributed by atoms with Gasteiger partial charge in [0.1, 0.15) is 0 Å². The molecule has 6 heteroatoms. The molecule has 0 unspecified atom stereocenters. The summed E-state index contributed by atoms with van der Waals surface area (Å²) in [6, 6.07) is 13.2. The SMILES string of the molecule is COc1ccc(/C=C2\C(=O)N(c3ccc(I)cc3)N=C2C)cc1OC. The number of carbonyl (C=O) groups excluding carboxylic acids is 1. The zero-order chi connectivity index (χ0) is 18.0. The summed E-state index contributed by atoms with van der Waals surface area (Å²) in [5.74, 6) is 1.12. The van der Waals surface area contributed by atoms with Gasteiger partial charge in [0.15, 0.2) is 11.5 Å².